The molecule has 1 heterocycles. The quantitative estimate of drug-likeness (QED) is 0.618. The molecule has 1 aromatic carbocycles. The monoisotopic (exact) mass is 497 g/mol. The van der Waals surface area contributed by atoms with E-state index in [1.807, 2.05) is 0 Å². The molecule has 2 aromatic rings. The first kappa shape index (κ1) is 24.6. The first-order valence-corrected chi connectivity index (χ1v) is 12.6. The lowest BCUT2D eigenvalue weighted by atomic mass is 9.73. The lowest BCUT2D eigenvalue weighted by Gasteiger charge is -2.44. The summed E-state index contributed by atoms with van der Waals surface area (Å²) in [4.78, 5) is 3.20. The maximum absolute atomic E-state index is 13.8. The van der Waals surface area contributed by atoms with Crippen LogP contribution in [0, 0.1) is 18.7 Å². The number of aryl methyl sites for hydroxylation is 2. The summed E-state index contributed by atoms with van der Waals surface area (Å²) >= 11 is 0. The topological polar surface area (TPSA) is 98.1 Å². The normalized spacial score (nSPS) is 20.2. The molecular formula is C19H23F4N3O4S2. The van der Waals surface area contributed by atoms with Crippen molar-refractivity contribution in [3.63, 3.8) is 0 Å². The summed E-state index contributed by atoms with van der Waals surface area (Å²) in [5, 5.41) is -0.160. The van der Waals surface area contributed by atoms with Gasteiger partial charge >= 0.3 is 6.18 Å². The van der Waals surface area contributed by atoms with Gasteiger partial charge in [0.2, 0.25) is 0 Å². The Bertz CT molecular complexity index is 1230. The van der Waals surface area contributed by atoms with Gasteiger partial charge in [-0.25, -0.2) is 30.9 Å². The van der Waals surface area contributed by atoms with Crippen LogP contribution in [0.4, 0.5) is 17.6 Å². The lowest BCUT2D eigenvalue weighted by Crippen LogP contribution is -2.53. The molecule has 0 spiro atoms. The molecule has 7 nitrogen and oxygen atoms in total. The molecule has 1 aliphatic carbocycles. The highest BCUT2D eigenvalue weighted by Gasteiger charge is 2.50. The summed E-state index contributed by atoms with van der Waals surface area (Å²) in [6.45, 7) is 4.33. The number of aromatic nitrogens is 2. The number of hydrogen-bond donors (Lipinski definition) is 1. The molecule has 0 unspecified atom stereocenters. The number of sulfonamides is 1. The summed E-state index contributed by atoms with van der Waals surface area (Å²) in [5.74, 6) is -1.36. The predicted molar refractivity (Wildman–Crippen MR) is 107 cm³/mol. The zero-order valence-corrected chi connectivity index (χ0v) is 19.4. The lowest BCUT2D eigenvalue weighted by molar-refractivity contribution is -0.137. The van der Waals surface area contributed by atoms with E-state index in [2.05, 4.69) is 9.71 Å². The number of sulfone groups is 1. The summed E-state index contributed by atoms with van der Waals surface area (Å²) in [6.07, 6.45) is -3.25. The third-order valence-electron chi connectivity index (χ3n) is 6.01. The SMILES string of the molecule is Cc1nc(S(=O)(=O)N[C@H]2C[C@H](C(C)(C)S(=O)(=O)c3cc(F)cc(C(F)(F)F)c3)C2)cn1C. The maximum atomic E-state index is 13.8. The summed E-state index contributed by atoms with van der Waals surface area (Å²) < 4.78 is 106. The molecule has 0 aliphatic heterocycles. The molecule has 0 radical (unpaired) electrons. The molecule has 1 aliphatic rings. The van der Waals surface area contributed by atoms with E-state index >= 15 is 0 Å². The molecule has 1 saturated carbocycles. The molecule has 0 bridgehead atoms. The fourth-order valence-electron chi connectivity index (χ4n) is 3.62. The van der Waals surface area contributed by atoms with Crippen LogP contribution in [-0.4, -0.2) is 37.2 Å². The number of imidazole rings is 1. The van der Waals surface area contributed by atoms with Crippen molar-refractivity contribution in [2.24, 2.45) is 13.0 Å². The van der Waals surface area contributed by atoms with Crippen LogP contribution in [0.5, 0.6) is 0 Å². The summed E-state index contributed by atoms with van der Waals surface area (Å²) in [6, 6.07) is 0.663. The second-order valence-electron chi connectivity index (χ2n) is 8.50. The van der Waals surface area contributed by atoms with Gasteiger partial charge in [0, 0.05) is 19.3 Å². The van der Waals surface area contributed by atoms with E-state index in [4.69, 9.17) is 0 Å². The van der Waals surface area contributed by atoms with Crippen molar-refractivity contribution in [1.29, 1.82) is 0 Å². The molecule has 1 fully saturated rings. The Labute approximate surface area is 183 Å². The molecule has 0 amide bonds. The molecule has 1 aromatic heterocycles. The Morgan fingerprint density at radius 1 is 1.09 bits per heavy atom. The van der Waals surface area contributed by atoms with Crippen molar-refractivity contribution in [3.8, 4) is 0 Å². The smallest absolute Gasteiger partial charge is 0.337 e. The fraction of sp³-hybridized carbons (Fsp3) is 0.526. The van der Waals surface area contributed by atoms with E-state index in [1.165, 1.54) is 20.0 Å². The maximum Gasteiger partial charge on any atom is 0.416 e. The Morgan fingerprint density at radius 3 is 2.19 bits per heavy atom. The largest absolute Gasteiger partial charge is 0.416 e. The number of nitrogens with zero attached hydrogens (tertiary/aromatic N) is 2. The highest BCUT2D eigenvalue weighted by Crippen LogP contribution is 2.44. The van der Waals surface area contributed by atoms with E-state index in [0.29, 0.717) is 18.0 Å². The highest BCUT2D eigenvalue weighted by atomic mass is 32.2. The number of hydrogen-bond acceptors (Lipinski definition) is 5. The van der Waals surface area contributed by atoms with Gasteiger partial charge in [-0.2, -0.15) is 13.2 Å². The molecular weight excluding hydrogens is 474 g/mol. The number of nitrogens with one attached hydrogen (secondary N) is 1. The summed E-state index contributed by atoms with van der Waals surface area (Å²) in [5.41, 5.74) is -1.39. The third kappa shape index (κ3) is 4.42. The zero-order chi connectivity index (χ0) is 24.3. The first-order valence-electron chi connectivity index (χ1n) is 9.60. The average molecular weight is 498 g/mol. The van der Waals surface area contributed by atoms with Gasteiger partial charge < -0.3 is 4.57 Å². The molecule has 32 heavy (non-hydrogen) atoms. The van der Waals surface area contributed by atoms with Crippen LogP contribution in [-0.2, 0) is 33.1 Å². The average Bonchev–Trinajstić information content (AvgIpc) is 2.96. The predicted octanol–water partition coefficient (Wildman–Crippen LogP) is 3.20. The van der Waals surface area contributed by atoms with Crippen LogP contribution in [0.15, 0.2) is 34.3 Å². The van der Waals surface area contributed by atoms with Gasteiger partial charge in [-0.15, -0.1) is 0 Å². The Kier molecular flexibility index (Phi) is 6.01. The number of alkyl halides is 3. The van der Waals surface area contributed by atoms with Crippen molar-refractivity contribution < 1.29 is 34.4 Å². The molecule has 0 saturated heterocycles. The number of rotatable bonds is 6. The van der Waals surface area contributed by atoms with Gasteiger partial charge in [0.15, 0.2) is 14.9 Å². The molecule has 1 N–H and O–H groups in total. The minimum absolute atomic E-state index is 0.152. The van der Waals surface area contributed by atoms with Crippen molar-refractivity contribution in [2.75, 3.05) is 0 Å². The Hall–Kier alpha value is -1.99. The third-order valence-corrected chi connectivity index (χ3v) is 9.97. The van der Waals surface area contributed by atoms with Crippen LogP contribution in [0.25, 0.3) is 0 Å². The molecule has 0 atom stereocenters. The van der Waals surface area contributed by atoms with Gasteiger partial charge in [-0.05, 0) is 57.7 Å². The first-order chi connectivity index (χ1) is 14.4. The van der Waals surface area contributed by atoms with Crippen molar-refractivity contribution >= 4 is 19.9 Å². The van der Waals surface area contributed by atoms with E-state index < -0.39 is 59.0 Å². The van der Waals surface area contributed by atoms with Gasteiger partial charge in [-0.1, -0.05) is 0 Å². The van der Waals surface area contributed by atoms with E-state index in [1.54, 1.807) is 18.5 Å². The van der Waals surface area contributed by atoms with E-state index in [-0.39, 0.29) is 23.9 Å². The Morgan fingerprint density at radius 2 is 1.69 bits per heavy atom. The number of benzene rings is 1. The van der Waals surface area contributed by atoms with Crippen LogP contribution in [0.1, 0.15) is 38.1 Å². The second-order valence-corrected chi connectivity index (χ2v) is 12.7. The van der Waals surface area contributed by atoms with E-state index in [0.717, 1.165) is 0 Å². The zero-order valence-electron chi connectivity index (χ0n) is 17.7. The van der Waals surface area contributed by atoms with Gasteiger partial charge in [0.05, 0.1) is 15.2 Å². The molecule has 3 rings (SSSR count). The standard InChI is InChI=1S/C19H23F4N3O4S2/c1-11-24-17(10-26(11)4)32(29,30)25-15-6-12(7-15)18(2,3)31(27,28)16-8-13(19(21,22)23)5-14(20)9-16/h5,8-10,12,15,25H,6-7H2,1-4H3/t12-,15-. The van der Waals surface area contributed by atoms with Gasteiger partial charge in [-0.3, -0.25) is 0 Å². The molecule has 13 heteroatoms. The fourth-order valence-corrected chi connectivity index (χ4v) is 6.71. The van der Waals surface area contributed by atoms with Crippen LogP contribution in [0.2, 0.25) is 0 Å². The molecule has 178 valence electrons. The van der Waals surface area contributed by atoms with Crippen molar-refractivity contribution in [3.05, 3.63) is 41.6 Å². The van der Waals surface area contributed by atoms with Crippen molar-refractivity contribution in [1.82, 2.24) is 14.3 Å². The van der Waals surface area contributed by atoms with Crippen molar-refractivity contribution in [2.45, 2.75) is 60.5 Å². The minimum Gasteiger partial charge on any atom is -0.337 e. The van der Waals surface area contributed by atoms with Crippen LogP contribution < -0.4 is 4.72 Å². The highest BCUT2D eigenvalue weighted by molar-refractivity contribution is 7.92. The second kappa shape index (κ2) is 7.80. The van der Waals surface area contributed by atoms with Crippen LogP contribution in [0.3, 0.4) is 0 Å². The van der Waals surface area contributed by atoms with E-state index in [9.17, 15) is 34.4 Å². The van der Waals surface area contributed by atoms with Gasteiger partial charge in [0.25, 0.3) is 10.0 Å². The number of halogens is 4. The summed E-state index contributed by atoms with van der Waals surface area (Å²) in [7, 11) is -6.63. The minimum atomic E-state index is -4.90. The van der Waals surface area contributed by atoms with Gasteiger partial charge in [0.1, 0.15) is 11.6 Å². The Balaban J connectivity index is 1.78. The van der Waals surface area contributed by atoms with Crippen LogP contribution >= 0.6 is 0 Å².